The molecule has 1 rings (SSSR count). The third-order valence-corrected chi connectivity index (χ3v) is 3.32. The normalized spacial score (nSPS) is 18.9. The molecule has 0 aromatic heterocycles. The van der Waals surface area contributed by atoms with E-state index in [2.05, 4.69) is 50.9 Å². The monoisotopic (exact) mass is 243 g/mol. The van der Waals surface area contributed by atoms with E-state index >= 15 is 0 Å². The highest BCUT2D eigenvalue weighted by Gasteiger charge is 2.08. The minimum Gasteiger partial charge on any atom is -0.382 e. The van der Waals surface area contributed by atoms with Crippen LogP contribution in [0.5, 0.6) is 0 Å². The summed E-state index contributed by atoms with van der Waals surface area (Å²) in [5, 5.41) is 3.64. The van der Waals surface area contributed by atoms with Gasteiger partial charge in [0.15, 0.2) is 0 Å². The lowest BCUT2D eigenvalue weighted by atomic mass is 10.1. The molecule has 0 spiro atoms. The zero-order chi connectivity index (χ0) is 13.4. The molecule has 98 valence electrons. The summed E-state index contributed by atoms with van der Waals surface area (Å²) in [4.78, 5) is 0. The van der Waals surface area contributed by atoms with Gasteiger partial charge in [-0.2, -0.15) is 0 Å². The fraction of sp³-hybridized carbons (Fsp3) is 0.412. The van der Waals surface area contributed by atoms with Crippen molar-refractivity contribution in [3.63, 3.8) is 0 Å². The van der Waals surface area contributed by atoms with E-state index in [4.69, 9.17) is 0 Å². The largest absolute Gasteiger partial charge is 0.382 e. The molecule has 0 saturated heterocycles. The first-order valence-corrected chi connectivity index (χ1v) is 6.74. The number of rotatable bonds is 5. The lowest BCUT2D eigenvalue weighted by molar-refractivity contribution is 0.646. The summed E-state index contributed by atoms with van der Waals surface area (Å²) in [5.41, 5.74) is 4.09. The second-order valence-corrected chi connectivity index (χ2v) is 4.85. The highest BCUT2D eigenvalue weighted by atomic mass is 14.9. The van der Waals surface area contributed by atoms with Crippen LogP contribution in [0.1, 0.15) is 40.0 Å². The van der Waals surface area contributed by atoms with E-state index in [-0.39, 0.29) is 0 Å². The zero-order valence-corrected chi connectivity index (χ0v) is 11.9. The maximum atomic E-state index is 3.67. The molecule has 1 atom stereocenters. The summed E-state index contributed by atoms with van der Waals surface area (Å²) in [5.74, 6) is 0. The van der Waals surface area contributed by atoms with Crippen molar-refractivity contribution in [3.8, 4) is 0 Å². The van der Waals surface area contributed by atoms with E-state index in [1.54, 1.807) is 6.08 Å². The lowest BCUT2D eigenvalue weighted by Gasteiger charge is -2.19. The van der Waals surface area contributed by atoms with Gasteiger partial charge in [0.05, 0.1) is 0 Å². The SMILES string of the molecule is C=C/C=C\C=C(/C)C(C)NC1=C(C)C=CCCC1. The molecule has 0 fully saturated rings. The van der Waals surface area contributed by atoms with Gasteiger partial charge in [-0.25, -0.2) is 0 Å². The molecular weight excluding hydrogens is 218 g/mol. The van der Waals surface area contributed by atoms with Crippen LogP contribution in [-0.4, -0.2) is 6.04 Å². The molecule has 0 bridgehead atoms. The van der Waals surface area contributed by atoms with Crippen molar-refractivity contribution < 1.29 is 0 Å². The molecule has 0 radical (unpaired) electrons. The van der Waals surface area contributed by atoms with Crippen molar-refractivity contribution >= 4 is 0 Å². The van der Waals surface area contributed by atoms with Crippen molar-refractivity contribution in [1.82, 2.24) is 5.32 Å². The van der Waals surface area contributed by atoms with Crippen molar-refractivity contribution in [2.24, 2.45) is 0 Å². The van der Waals surface area contributed by atoms with E-state index < -0.39 is 0 Å². The Labute approximate surface area is 112 Å². The van der Waals surface area contributed by atoms with Crippen LogP contribution in [0.2, 0.25) is 0 Å². The summed E-state index contributed by atoms with van der Waals surface area (Å²) >= 11 is 0. The van der Waals surface area contributed by atoms with Gasteiger partial charge in [-0.1, -0.05) is 48.6 Å². The van der Waals surface area contributed by atoms with Crippen molar-refractivity contribution in [3.05, 3.63) is 59.9 Å². The van der Waals surface area contributed by atoms with Gasteiger partial charge >= 0.3 is 0 Å². The molecule has 0 saturated carbocycles. The first kappa shape index (κ1) is 14.6. The van der Waals surface area contributed by atoms with Gasteiger partial charge in [0, 0.05) is 11.7 Å². The molecule has 0 amide bonds. The van der Waals surface area contributed by atoms with Crippen LogP contribution in [0.25, 0.3) is 0 Å². The highest BCUT2D eigenvalue weighted by molar-refractivity contribution is 5.27. The van der Waals surface area contributed by atoms with Crippen LogP contribution >= 0.6 is 0 Å². The number of nitrogens with one attached hydrogen (secondary N) is 1. The highest BCUT2D eigenvalue weighted by Crippen LogP contribution is 2.17. The van der Waals surface area contributed by atoms with Gasteiger partial charge in [0.25, 0.3) is 0 Å². The Bertz CT molecular complexity index is 394. The average Bonchev–Trinajstić information content (AvgIpc) is 2.55. The van der Waals surface area contributed by atoms with Crippen molar-refractivity contribution in [1.29, 1.82) is 0 Å². The van der Waals surface area contributed by atoms with Gasteiger partial charge in [-0.15, -0.1) is 0 Å². The molecule has 18 heavy (non-hydrogen) atoms. The summed E-state index contributed by atoms with van der Waals surface area (Å²) in [6, 6.07) is 0.371. The predicted octanol–water partition coefficient (Wildman–Crippen LogP) is 4.67. The maximum absolute atomic E-state index is 3.67. The van der Waals surface area contributed by atoms with Crippen LogP contribution < -0.4 is 5.32 Å². The van der Waals surface area contributed by atoms with Crippen LogP contribution in [0.3, 0.4) is 0 Å². The first-order chi connectivity index (χ1) is 8.65. The smallest absolute Gasteiger partial charge is 0.0442 e. The Balaban J connectivity index is 2.66. The number of allylic oxidation sites excluding steroid dienone is 8. The topological polar surface area (TPSA) is 12.0 Å². The Kier molecular flexibility index (Phi) is 6.27. The molecular formula is C17H25N. The van der Waals surface area contributed by atoms with Gasteiger partial charge < -0.3 is 5.32 Å². The second kappa shape index (κ2) is 7.75. The third-order valence-electron chi connectivity index (χ3n) is 3.32. The van der Waals surface area contributed by atoms with Gasteiger partial charge in [-0.05, 0) is 45.6 Å². The quantitative estimate of drug-likeness (QED) is 0.692. The van der Waals surface area contributed by atoms with E-state index in [1.807, 2.05) is 12.2 Å². The van der Waals surface area contributed by atoms with Crippen LogP contribution in [-0.2, 0) is 0 Å². The molecule has 1 heteroatoms. The molecule has 1 aliphatic carbocycles. The Morgan fingerprint density at radius 3 is 2.94 bits per heavy atom. The van der Waals surface area contributed by atoms with Crippen molar-refractivity contribution in [2.75, 3.05) is 0 Å². The van der Waals surface area contributed by atoms with E-state index in [1.165, 1.54) is 29.7 Å². The fourth-order valence-corrected chi connectivity index (χ4v) is 1.95. The Morgan fingerprint density at radius 2 is 2.22 bits per heavy atom. The molecule has 0 aromatic carbocycles. The molecule has 1 N–H and O–H groups in total. The van der Waals surface area contributed by atoms with Gasteiger partial charge in [-0.3, -0.25) is 0 Å². The standard InChI is InChI=1S/C17H25N/c1-5-6-8-11-14(2)16(4)18-17-13-10-7-9-12-15(17)3/h5-6,8-9,11-12,16,18H,1,7,10,13H2,2-4H3/b8-6-,14-11+. The first-order valence-electron chi connectivity index (χ1n) is 6.74. The molecule has 1 unspecified atom stereocenters. The molecule has 1 nitrogen and oxygen atoms in total. The fourth-order valence-electron chi connectivity index (χ4n) is 1.95. The average molecular weight is 243 g/mol. The van der Waals surface area contributed by atoms with Crippen LogP contribution in [0.4, 0.5) is 0 Å². The van der Waals surface area contributed by atoms with E-state index in [9.17, 15) is 0 Å². The number of hydrogen-bond donors (Lipinski definition) is 1. The summed E-state index contributed by atoms with van der Waals surface area (Å²) in [6.45, 7) is 10.2. The zero-order valence-electron chi connectivity index (χ0n) is 11.9. The third kappa shape index (κ3) is 4.79. The van der Waals surface area contributed by atoms with E-state index in [0.29, 0.717) is 6.04 Å². The van der Waals surface area contributed by atoms with Crippen LogP contribution in [0, 0.1) is 0 Å². The molecule has 0 heterocycles. The van der Waals surface area contributed by atoms with Crippen molar-refractivity contribution in [2.45, 2.75) is 46.1 Å². The predicted molar refractivity (Wildman–Crippen MR) is 81.4 cm³/mol. The van der Waals surface area contributed by atoms with Gasteiger partial charge in [0.1, 0.15) is 0 Å². The minimum atomic E-state index is 0.371. The molecule has 0 aromatic rings. The minimum absolute atomic E-state index is 0.371. The summed E-state index contributed by atoms with van der Waals surface area (Å²) in [7, 11) is 0. The molecule has 1 aliphatic rings. The Morgan fingerprint density at radius 1 is 1.44 bits per heavy atom. The Hall–Kier alpha value is -1.50. The van der Waals surface area contributed by atoms with E-state index in [0.717, 1.165) is 6.42 Å². The summed E-state index contributed by atoms with van der Waals surface area (Å²) in [6.07, 6.45) is 16.0. The maximum Gasteiger partial charge on any atom is 0.0442 e. The summed E-state index contributed by atoms with van der Waals surface area (Å²) < 4.78 is 0. The molecule has 0 aliphatic heterocycles. The van der Waals surface area contributed by atoms with Gasteiger partial charge in [0.2, 0.25) is 0 Å². The second-order valence-electron chi connectivity index (χ2n) is 4.85. The number of hydrogen-bond acceptors (Lipinski definition) is 1. The lowest BCUT2D eigenvalue weighted by Crippen LogP contribution is -2.27. The van der Waals surface area contributed by atoms with Crippen LogP contribution in [0.15, 0.2) is 59.9 Å².